The van der Waals surface area contributed by atoms with Crippen LogP contribution in [0.2, 0.25) is 0 Å². The number of amides is 1. The van der Waals surface area contributed by atoms with Gasteiger partial charge in [-0.1, -0.05) is 6.07 Å². The largest absolute Gasteiger partial charge is 0.507 e. The molecule has 1 saturated heterocycles. The standard InChI is InChI=1S/C21H19N5O3/c27-19(15-4-7-22-8-5-15)17-18(16-3-1-6-23-13-16)26(21(29)20(17)28)11-2-10-25-12-9-24-14-25/h1,3-9,12-14,18H,2,10-11H2,(H,27,28)/p+1. The fourth-order valence-corrected chi connectivity index (χ4v) is 3.54. The van der Waals surface area contributed by atoms with Crippen molar-refractivity contribution < 1.29 is 19.3 Å². The number of H-pyrrole nitrogens is 1. The van der Waals surface area contributed by atoms with Crippen LogP contribution < -0.4 is 4.57 Å². The van der Waals surface area contributed by atoms with E-state index in [9.17, 15) is 14.7 Å². The number of aromatic nitrogens is 4. The zero-order valence-electron chi connectivity index (χ0n) is 15.6. The van der Waals surface area contributed by atoms with Gasteiger partial charge >= 0.3 is 0 Å². The molecule has 0 radical (unpaired) electrons. The highest BCUT2D eigenvalue weighted by Gasteiger charge is 2.45. The molecule has 29 heavy (non-hydrogen) atoms. The fraction of sp³-hybridized carbons (Fsp3) is 0.190. The van der Waals surface area contributed by atoms with Crippen molar-refractivity contribution in [3.8, 4) is 0 Å². The minimum atomic E-state index is -0.692. The Balaban J connectivity index is 1.70. The molecule has 1 fully saturated rings. The van der Waals surface area contributed by atoms with Crippen LogP contribution in [0.3, 0.4) is 0 Å². The van der Waals surface area contributed by atoms with Gasteiger partial charge < -0.3 is 10.0 Å². The van der Waals surface area contributed by atoms with E-state index in [0.717, 1.165) is 0 Å². The van der Waals surface area contributed by atoms with E-state index in [1.165, 1.54) is 17.3 Å². The zero-order valence-corrected chi connectivity index (χ0v) is 15.6. The van der Waals surface area contributed by atoms with Gasteiger partial charge in [0.15, 0.2) is 0 Å². The molecule has 0 aliphatic carbocycles. The van der Waals surface area contributed by atoms with Crippen LogP contribution in [0.4, 0.5) is 0 Å². The fourth-order valence-electron chi connectivity index (χ4n) is 3.54. The number of imidazole rings is 1. The number of hydrogen-bond donors (Lipinski definition) is 2. The lowest BCUT2D eigenvalue weighted by Gasteiger charge is -2.24. The quantitative estimate of drug-likeness (QED) is 0.288. The number of Topliss-reactive ketones (excluding diaryl/α,β-unsaturated/α-hetero) is 1. The summed E-state index contributed by atoms with van der Waals surface area (Å²) in [6, 6.07) is 6.07. The van der Waals surface area contributed by atoms with Gasteiger partial charge in [-0.25, -0.2) is 4.57 Å². The number of aromatic amines is 1. The maximum Gasteiger partial charge on any atom is 0.295 e. The third-order valence-corrected chi connectivity index (χ3v) is 4.91. The number of rotatable bonds is 6. The SMILES string of the molecule is O=C1C(=O)N(CCC[n+]2cc[nH]c2)C(c2cccnc2)C1=C(O)c1ccncc1. The van der Waals surface area contributed by atoms with Gasteiger partial charge in [0.2, 0.25) is 6.33 Å². The summed E-state index contributed by atoms with van der Waals surface area (Å²) in [7, 11) is 0. The van der Waals surface area contributed by atoms with Gasteiger partial charge in [-0.15, -0.1) is 0 Å². The molecule has 0 saturated carbocycles. The van der Waals surface area contributed by atoms with Crippen molar-refractivity contribution in [1.82, 2.24) is 19.9 Å². The second kappa shape index (κ2) is 8.05. The van der Waals surface area contributed by atoms with E-state index in [4.69, 9.17) is 0 Å². The van der Waals surface area contributed by atoms with Crippen LogP contribution in [0, 0.1) is 0 Å². The lowest BCUT2D eigenvalue weighted by atomic mass is 9.96. The Kier molecular flexibility index (Phi) is 5.15. The minimum absolute atomic E-state index is 0.0727. The van der Waals surface area contributed by atoms with Crippen LogP contribution in [0.15, 0.2) is 73.3 Å². The molecule has 0 bridgehead atoms. The third-order valence-electron chi connectivity index (χ3n) is 4.91. The molecule has 0 spiro atoms. The summed E-state index contributed by atoms with van der Waals surface area (Å²) in [5, 5.41) is 10.9. The predicted octanol–water partition coefficient (Wildman–Crippen LogP) is 1.60. The Bertz CT molecular complexity index is 1030. The molecule has 146 valence electrons. The first-order chi connectivity index (χ1) is 14.2. The summed E-state index contributed by atoms with van der Waals surface area (Å²) in [5.41, 5.74) is 1.19. The normalized spacial score (nSPS) is 18.3. The summed E-state index contributed by atoms with van der Waals surface area (Å²) >= 11 is 0. The molecule has 2 N–H and O–H groups in total. The van der Waals surface area contributed by atoms with Crippen molar-refractivity contribution in [3.05, 3.63) is 84.5 Å². The van der Waals surface area contributed by atoms with Crippen LogP contribution in [0.25, 0.3) is 5.76 Å². The number of aliphatic hydroxyl groups excluding tert-OH is 1. The van der Waals surface area contributed by atoms with Gasteiger partial charge in [0.25, 0.3) is 11.7 Å². The lowest BCUT2D eigenvalue weighted by Crippen LogP contribution is -2.36. The Morgan fingerprint density at radius 2 is 2.00 bits per heavy atom. The number of aryl methyl sites for hydroxylation is 1. The highest BCUT2D eigenvalue weighted by Crippen LogP contribution is 2.38. The summed E-state index contributed by atoms with van der Waals surface area (Å²) in [6.07, 6.45) is 12.5. The number of nitrogens with zero attached hydrogens (tertiary/aromatic N) is 4. The van der Waals surface area contributed by atoms with Crippen molar-refractivity contribution in [3.63, 3.8) is 0 Å². The van der Waals surface area contributed by atoms with Crippen molar-refractivity contribution in [1.29, 1.82) is 0 Å². The highest BCUT2D eigenvalue weighted by atomic mass is 16.3. The van der Waals surface area contributed by atoms with Gasteiger partial charge in [-0.2, -0.15) is 0 Å². The number of ketones is 1. The molecule has 3 aromatic rings. The van der Waals surface area contributed by atoms with E-state index in [0.29, 0.717) is 30.6 Å². The van der Waals surface area contributed by atoms with E-state index in [1.807, 2.05) is 23.3 Å². The third kappa shape index (κ3) is 3.64. The van der Waals surface area contributed by atoms with Crippen molar-refractivity contribution in [2.45, 2.75) is 19.0 Å². The van der Waals surface area contributed by atoms with E-state index in [-0.39, 0.29) is 11.3 Å². The zero-order chi connectivity index (χ0) is 20.2. The lowest BCUT2D eigenvalue weighted by molar-refractivity contribution is -0.695. The number of carbonyl (C=O) groups is 2. The summed E-state index contributed by atoms with van der Waals surface area (Å²) < 4.78 is 1.96. The first-order valence-electron chi connectivity index (χ1n) is 9.27. The summed E-state index contributed by atoms with van der Waals surface area (Å²) in [4.78, 5) is 38.2. The second-order valence-corrected chi connectivity index (χ2v) is 6.72. The molecular weight excluding hydrogens is 370 g/mol. The average molecular weight is 390 g/mol. The topological polar surface area (TPSA) is 103 Å². The molecular formula is C21H20N5O3+. The van der Waals surface area contributed by atoms with Crippen LogP contribution in [-0.2, 0) is 16.1 Å². The van der Waals surface area contributed by atoms with E-state index in [2.05, 4.69) is 15.0 Å². The van der Waals surface area contributed by atoms with Crippen LogP contribution >= 0.6 is 0 Å². The van der Waals surface area contributed by atoms with Gasteiger partial charge in [-0.05, 0) is 23.8 Å². The molecule has 4 heterocycles. The smallest absolute Gasteiger partial charge is 0.295 e. The Labute approximate surface area is 167 Å². The van der Waals surface area contributed by atoms with Gasteiger partial charge in [0.05, 0.1) is 18.2 Å². The minimum Gasteiger partial charge on any atom is -0.507 e. The Morgan fingerprint density at radius 1 is 1.17 bits per heavy atom. The van der Waals surface area contributed by atoms with E-state index >= 15 is 0 Å². The first-order valence-corrected chi connectivity index (χ1v) is 9.27. The molecule has 1 amide bonds. The molecule has 0 aromatic carbocycles. The predicted molar refractivity (Wildman–Crippen MR) is 103 cm³/mol. The molecule has 8 heteroatoms. The van der Waals surface area contributed by atoms with Crippen LogP contribution in [-0.4, -0.2) is 43.2 Å². The molecule has 3 aromatic heterocycles. The van der Waals surface area contributed by atoms with Crippen LogP contribution in [0.1, 0.15) is 23.6 Å². The monoisotopic (exact) mass is 390 g/mol. The maximum atomic E-state index is 12.9. The molecule has 1 aliphatic heterocycles. The second-order valence-electron chi connectivity index (χ2n) is 6.72. The molecule has 1 atom stereocenters. The van der Waals surface area contributed by atoms with Crippen LogP contribution in [0.5, 0.6) is 0 Å². The Morgan fingerprint density at radius 3 is 2.69 bits per heavy atom. The number of carbonyl (C=O) groups excluding carboxylic acids is 2. The van der Waals surface area contributed by atoms with E-state index in [1.54, 1.807) is 36.7 Å². The highest BCUT2D eigenvalue weighted by molar-refractivity contribution is 6.46. The number of likely N-dealkylation sites (tertiary alicyclic amines) is 1. The molecule has 4 rings (SSSR count). The number of hydrogen-bond acceptors (Lipinski definition) is 5. The number of pyridine rings is 2. The van der Waals surface area contributed by atoms with Crippen molar-refractivity contribution in [2.75, 3.05) is 6.54 Å². The van der Waals surface area contributed by atoms with Gasteiger partial charge in [0, 0.05) is 43.3 Å². The molecule has 1 unspecified atom stereocenters. The van der Waals surface area contributed by atoms with Gasteiger partial charge in [-0.3, -0.25) is 24.5 Å². The summed E-state index contributed by atoms with van der Waals surface area (Å²) in [6.45, 7) is 1.06. The molecule has 8 nitrogen and oxygen atoms in total. The van der Waals surface area contributed by atoms with Crippen molar-refractivity contribution in [2.24, 2.45) is 0 Å². The van der Waals surface area contributed by atoms with Gasteiger partial charge in [0.1, 0.15) is 18.2 Å². The average Bonchev–Trinajstić information content (AvgIpc) is 3.37. The van der Waals surface area contributed by atoms with E-state index < -0.39 is 17.7 Å². The molecule has 1 aliphatic rings. The maximum absolute atomic E-state index is 12.9. The first kappa shape index (κ1) is 18.5. The number of nitrogens with one attached hydrogen (secondary N) is 1. The Hall–Kier alpha value is -3.81. The van der Waals surface area contributed by atoms with Crippen molar-refractivity contribution >= 4 is 17.4 Å². The number of aliphatic hydroxyl groups is 1. The summed E-state index contributed by atoms with van der Waals surface area (Å²) in [5.74, 6) is -1.52.